The van der Waals surface area contributed by atoms with Crippen molar-refractivity contribution in [1.82, 2.24) is 5.32 Å². The van der Waals surface area contributed by atoms with Gasteiger partial charge in [0.15, 0.2) is 0 Å². The van der Waals surface area contributed by atoms with E-state index in [1.807, 2.05) is 0 Å². The molecule has 1 saturated carbocycles. The smallest absolute Gasteiger partial charge is 0.00690 e. The molecule has 0 spiro atoms. The predicted molar refractivity (Wildman–Crippen MR) is 49.6 cm³/mol. The van der Waals surface area contributed by atoms with Crippen LogP contribution in [0.15, 0.2) is 0 Å². The monoisotopic (exact) mass is 155 g/mol. The van der Waals surface area contributed by atoms with E-state index in [1.165, 1.54) is 19.3 Å². The molecular formula is C10H21N. The Labute approximate surface area is 70.6 Å². The molecule has 0 aromatic carbocycles. The van der Waals surface area contributed by atoms with Crippen LogP contribution in [0.3, 0.4) is 0 Å². The third-order valence-corrected chi connectivity index (χ3v) is 3.40. The normalized spacial score (nSPS) is 32.2. The van der Waals surface area contributed by atoms with Crippen molar-refractivity contribution in [3.8, 4) is 0 Å². The van der Waals surface area contributed by atoms with Crippen molar-refractivity contribution in [2.45, 2.75) is 46.1 Å². The first kappa shape index (κ1) is 9.05. The Morgan fingerprint density at radius 2 is 2.09 bits per heavy atom. The second-order valence-electron chi connectivity index (χ2n) is 4.56. The van der Waals surface area contributed by atoms with Crippen LogP contribution in [-0.2, 0) is 0 Å². The van der Waals surface area contributed by atoms with E-state index in [-0.39, 0.29) is 0 Å². The molecule has 1 heteroatoms. The SMILES string of the molecule is CNC(C)C1CCCC1(C)C. The van der Waals surface area contributed by atoms with Gasteiger partial charge in [0.05, 0.1) is 0 Å². The fourth-order valence-electron chi connectivity index (χ4n) is 2.48. The molecule has 1 aliphatic rings. The minimum atomic E-state index is 0.572. The molecule has 1 N–H and O–H groups in total. The van der Waals surface area contributed by atoms with Gasteiger partial charge in [0.25, 0.3) is 0 Å². The van der Waals surface area contributed by atoms with E-state index >= 15 is 0 Å². The van der Waals surface area contributed by atoms with Crippen molar-refractivity contribution in [3.05, 3.63) is 0 Å². The molecule has 1 nitrogen and oxygen atoms in total. The maximum absolute atomic E-state index is 3.36. The van der Waals surface area contributed by atoms with E-state index in [9.17, 15) is 0 Å². The van der Waals surface area contributed by atoms with Crippen LogP contribution in [0.4, 0.5) is 0 Å². The Morgan fingerprint density at radius 3 is 2.45 bits per heavy atom. The highest BCUT2D eigenvalue weighted by molar-refractivity contribution is 4.89. The average Bonchev–Trinajstić information content (AvgIpc) is 2.28. The van der Waals surface area contributed by atoms with Gasteiger partial charge in [0.2, 0.25) is 0 Å². The number of nitrogens with one attached hydrogen (secondary N) is 1. The van der Waals surface area contributed by atoms with Gasteiger partial charge in [-0.05, 0) is 38.1 Å². The summed E-state index contributed by atoms with van der Waals surface area (Å²) in [6, 6.07) is 0.688. The van der Waals surface area contributed by atoms with Gasteiger partial charge >= 0.3 is 0 Å². The zero-order chi connectivity index (χ0) is 8.48. The van der Waals surface area contributed by atoms with Crippen LogP contribution in [-0.4, -0.2) is 13.1 Å². The summed E-state index contributed by atoms with van der Waals surface area (Å²) in [5.41, 5.74) is 0.572. The molecule has 0 aromatic rings. The van der Waals surface area contributed by atoms with Crippen LogP contribution < -0.4 is 5.32 Å². The fraction of sp³-hybridized carbons (Fsp3) is 1.00. The lowest BCUT2D eigenvalue weighted by atomic mass is 9.78. The molecule has 0 saturated heterocycles. The van der Waals surface area contributed by atoms with E-state index in [1.54, 1.807) is 0 Å². The van der Waals surface area contributed by atoms with Crippen molar-refractivity contribution in [2.24, 2.45) is 11.3 Å². The molecule has 0 bridgehead atoms. The summed E-state index contributed by atoms with van der Waals surface area (Å²) < 4.78 is 0. The van der Waals surface area contributed by atoms with Crippen LogP contribution in [0.1, 0.15) is 40.0 Å². The highest BCUT2D eigenvalue weighted by atomic mass is 14.9. The molecular weight excluding hydrogens is 134 g/mol. The van der Waals surface area contributed by atoms with E-state index in [2.05, 4.69) is 33.1 Å². The summed E-state index contributed by atoms with van der Waals surface area (Å²) in [6.45, 7) is 7.11. The lowest BCUT2D eigenvalue weighted by Crippen LogP contribution is -2.36. The quantitative estimate of drug-likeness (QED) is 0.645. The summed E-state index contributed by atoms with van der Waals surface area (Å²) in [7, 11) is 2.07. The lowest BCUT2D eigenvalue weighted by Gasteiger charge is -2.31. The first-order valence-electron chi connectivity index (χ1n) is 4.75. The Bertz CT molecular complexity index is 129. The summed E-state index contributed by atoms with van der Waals surface area (Å²) >= 11 is 0. The first-order chi connectivity index (χ1) is 5.08. The van der Waals surface area contributed by atoms with Gasteiger partial charge in [0.1, 0.15) is 0 Å². The van der Waals surface area contributed by atoms with Gasteiger partial charge in [-0.3, -0.25) is 0 Å². The van der Waals surface area contributed by atoms with Gasteiger partial charge in [-0.15, -0.1) is 0 Å². The molecule has 66 valence electrons. The summed E-state index contributed by atoms with van der Waals surface area (Å²) in [4.78, 5) is 0. The van der Waals surface area contributed by atoms with Crippen LogP contribution >= 0.6 is 0 Å². The number of hydrogen-bond donors (Lipinski definition) is 1. The van der Waals surface area contributed by atoms with Crippen LogP contribution in [0.25, 0.3) is 0 Å². The Morgan fingerprint density at radius 1 is 1.45 bits per heavy atom. The van der Waals surface area contributed by atoms with Gasteiger partial charge in [-0.2, -0.15) is 0 Å². The molecule has 1 aliphatic carbocycles. The van der Waals surface area contributed by atoms with Crippen molar-refractivity contribution in [1.29, 1.82) is 0 Å². The van der Waals surface area contributed by atoms with Gasteiger partial charge in [-0.25, -0.2) is 0 Å². The van der Waals surface area contributed by atoms with Crippen LogP contribution in [0.2, 0.25) is 0 Å². The lowest BCUT2D eigenvalue weighted by molar-refractivity contribution is 0.212. The Kier molecular flexibility index (Phi) is 2.58. The molecule has 2 atom stereocenters. The van der Waals surface area contributed by atoms with Gasteiger partial charge in [0, 0.05) is 6.04 Å². The maximum atomic E-state index is 3.36. The summed E-state index contributed by atoms with van der Waals surface area (Å²) in [5.74, 6) is 0.882. The van der Waals surface area contributed by atoms with Crippen molar-refractivity contribution < 1.29 is 0 Å². The van der Waals surface area contributed by atoms with E-state index in [0.29, 0.717) is 11.5 Å². The molecule has 1 rings (SSSR count). The zero-order valence-electron chi connectivity index (χ0n) is 8.28. The second kappa shape index (κ2) is 3.14. The van der Waals surface area contributed by atoms with E-state index in [0.717, 1.165) is 5.92 Å². The van der Waals surface area contributed by atoms with E-state index in [4.69, 9.17) is 0 Å². The molecule has 0 aliphatic heterocycles. The van der Waals surface area contributed by atoms with Crippen molar-refractivity contribution >= 4 is 0 Å². The highest BCUT2D eigenvalue weighted by Gasteiger charge is 2.36. The minimum Gasteiger partial charge on any atom is -0.317 e. The highest BCUT2D eigenvalue weighted by Crippen LogP contribution is 2.44. The van der Waals surface area contributed by atoms with Gasteiger partial charge < -0.3 is 5.32 Å². The van der Waals surface area contributed by atoms with Crippen LogP contribution in [0.5, 0.6) is 0 Å². The molecule has 2 unspecified atom stereocenters. The number of rotatable bonds is 2. The molecule has 11 heavy (non-hydrogen) atoms. The Balaban J connectivity index is 2.57. The largest absolute Gasteiger partial charge is 0.317 e. The minimum absolute atomic E-state index is 0.572. The van der Waals surface area contributed by atoms with Crippen molar-refractivity contribution in [3.63, 3.8) is 0 Å². The number of hydrogen-bond acceptors (Lipinski definition) is 1. The second-order valence-corrected chi connectivity index (χ2v) is 4.56. The molecule has 0 amide bonds. The van der Waals surface area contributed by atoms with Crippen molar-refractivity contribution in [2.75, 3.05) is 7.05 Å². The van der Waals surface area contributed by atoms with E-state index < -0.39 is 0 Å². The first-order valence-corrected chi connectivity index (χ1v) is 4.75. The summed E-state index contributed by atoms with van der Waals surface area (Å²) in [5, 5.41) is 3.36. The topological polar surface area (TPSA) is 12.0 Å². The summed E-state index contributed by atoms with van der Waals surface area (Å²) in [6.07, 6.45) is 4.24. The Hall–Kier alpha value is -0.0400. The molecule has 0 aromatic heterocycles. The molecule has 1 fully saturated rings. The van der Waals surface area contributed by atoms with Crippen LogP contribution in [0, 0.1) is 11.3 Å². The predicted octanol–water partition coefficient (Wildman–Crippen LogP) is 2.42. The average molecular weight is 155 g/mol. The molecule has 0 radical (unpaired) electrons. The zero-order valence-corrected chi connectivity index (χ0v) is 8.28. The third-order valence-electron chi connectivity index (χ3n) is 3.40. The fourth-order valence-corrected chi connectivity index (χ4v) is 2.48. The third kappa shape index (κ3) is 1.76. The standard InChI is InChI=1S/C10H21N/c1-8(11-4)9-6-5-7-10(9,2)3/h8-9,11H,5-7H2,1-4H3. The maximum Gasteiger partial charge on any atom is 0.00690 e. The van der Waals surface area contributed by atoms with Gasteiger partial charge in [-0.1, -0.05) is 20.3 Å². The molecule has 0 heterocycles.